The SMILES string of the molecule is CCCOc1nc(N)nc(Nc2ccc(Cl)c(Br)c2)n1. The Bertz CT molecular complexity index is 610. The number of halogens is 2. The molecule has 1 aromatic carbocycles. The third kappa shape index (κ3) is 3.94. The van der Waals surface area contributed by atoms with Crippen LogP contribution in [0.15, 0.2) is 22.7 Å². The third-order valence-electron chi connectivity index (χ3n) is 2.24. The highest BCUT2D eigenvalue weighted by molar-refractivity contribution is 9.10. The first-order chi connectivity index (χ1) is 9.58. The van der Waals surface area contributed by atoms with Crippen LogP contribution in [0.5, 0.6) is 6.01 Å². The lowest BCUT2D eigenvalue weighted by Crippen LogP contribution is -2.07. The van der Waals surface area contributed by atoms with E-state index in [0.717, 1.165) is 16.6 Å². The largest absolute Gasteiger partial charge is 0.463 e. The first-order valence-electron chi connectivity index (χ1n) is 5.95. The van der Waals surface area contributed by atoms with E-state index in [1.54, 1.807) is 12.1 Å². The molecule has 0 aliphatic carbocycles. The number of hydrogen-bond acceptors (Lipinski definition) is 6. The first-order valence-corrected chi connectivity index (χ1v) is 7.12. The minimum atomic E-state index is 0.0987. The van der Waals surface area contributed by atoms with Gasteiger partial charge in [-0.15, -0.1) is 0 Å². The molecular weight excluding hydrogens is 346 g/mol. The molecule has 1 heterocycles. The normalized spacial score (nSPS) is 10.3. The van der Waals surface area contributed by atoms with Crippen LogP contribution in [-0.2, 0) is 0 Å². The number of nitrogens with zero attached hydrogens (tertiary/aromatic N) is 3. The van der Waals surface area contributed by atoms with Gasteiger partial charge in [0.05, 0.1) is 11.6 Å². The molecule has 3 N–H and O–H groups in total. The molecule has 0 unspecified atom stereocenters. The van der Waals surface area contributed by atoms with Crippen molar-refractivity contribution in [2.24, 2.45) is 0 Å². The lowest BCUT2D eigenvalue weighted by Gasteiger charge is -2.08. The molecule has 0 amide bonds. The highest BCUT2D eigenvalue weighted by Crippen LogP contribution is 2.26. The van der Waals surface area contributed by atoms with Gasteiger partial charge in [0.1, 0.15) is 0 Å². The summed E-state index contributed by atoms with van der Waals surface area (Å²) >= 11 is 9.28. The number of rotatable bonds is 5. The zero-order chi connectivity index (χ0) is 14.5. The van der Waals surface area contributed by atoms with Gasteiger partial charge in [-0.1, -0.05) is 18.5 Å². The van der Waals surface area contributed by atoms with Gasteiger partial charge in [-0.25, -0.2) is 0 Å². The summed E-state index contributed by atoms with van der Waals surface area (Å²) < 4.78 is 6.12. The van der Waals surface area contributed by atoms with Gasteiger partial charge in [-0.05, 0) is 40.5 Å². The second-order valence-electron chi connectivity index (χ2n) is 3.90. The van der Waals surface area contributed by atoms with E-state index in [2.05, 4.69) is 36.2 Å². The standard InChI is InChI=1S/C12H13BrClN5O/c1-2-5-20-12-18-10(15)17-11(19-12)16-7-3-4-9(14)8(13)6-7/h3-4,6H,2,5H2,1H3,(H3,15,16,17,18,19). The van der Waals surface area contributed by atoms with E-state index in [1.165, 1.54) is 0 Å². The monoisotopic (exact) mass is 357 g/mol. The second kappa shape index (κ2) is 6.71. The van der Waals surface area contributed by atoms with E-state index in [9.17, 15) is 0 Å². The van der Waals surface area contributed by atoms with Crippen LogP contribution >= 0.6 is 27.5 Å². The fourth-order valence-corrected chi connectivity index (χ4v) is 1.89. The average Bonchev–Trinajstić information content (AvgIpc) is 2.40. The van der Waals surface area contributed by atoms with Gasteiger partial charge in [0, 0.05) is 10.2 Å². The van der Waals surface area contributed by atoms with E-state index >= 15 is 0 Å². The van der Waals surface area contributed by atoms with Crippen LogP contribution in [-0.4, -0.2) is 21.6 Å². The van der Waals surface area contributed by atoms with Crippen molar-refractivity contribution in [3.05, 3.63) is 27.7 Å². The molecule has 2 aromatic rings. The quantitative estimate of drug-likeness (QED) is 0.852. The molecule has 0 bridgehead atoms. The summed E-state index contributed by atoms with van der Waals surface area (Å²) in [5.41, 5.74) is 6.40. The molecule has 106 valence electrons. The molecule has 0 spiro atoms. The Hall–Kier alpha value is -1.60. The van der Waals surface area contributed by atoms with E-state index in [1.807, 2.05) is 13.0 Å². The number of hydrogen-bond donors (Lipinski definition) is 2. The molecule has 0 saturated heterocycles. The molecule has 8 heteroatoms. The molecule has 0 aliphatic rings. The van der Waals surface area contributed by atoms with Crippen molar-refractivity contribution in [2.75, 3.05) is 17.7 Å². The Morgan fingerprint density at radius 2 is 2.15 bits per heavy atom. The van der Waals surface area contributed by atoms with Crippen LogP contribution < -0.4 is 15.8 Å². The van der Waals surface area contributed by atoms with Crippen molar-refractivity contribution < 1.29 is 4.74 Å². The fraction of sp³-hybridized carbons (Fsp3) is 0.250. The van der Waals surface area contributed by atoms with Gasteiger partial charge < -0.3 is 15.8 Å². The lowest BCUT2D eigenvalue weighted by atomic mass is 10.3. The number of ether oxygens (including phenoxy) is 1. The van der Waals surface area contributed by atoms with Gasteiger partial charge in [-0.3, -0.25) is 0 Å². The zero-order valence-electron chi connectivity index (χ0n) is 10.7. The Balaban J connectivity index is 2.19. The van der Waals surface area contributed by atoms with E-state index in [0.29, 0.717) is 17.6 Å². The summed E-state index contributed by atoms with van der Waals surface area (Å²) in [5, 5.41) is 3.64. The topological polar surface area (TPSA) is 86.0 Å². The van der Waals surface area contributed by atoms with Gasteiger partial charge in [0.2, 0.25) is 11.9 Å². The Kier molecular flexibility index (Phi) is 4.97. The molecular formula is C12H13BrClN5O. The van der Waals surface area contributed by atoms with Crippen molar-refractivity contribution in [1.82, 2.24) is 15.0 Å². The van der Waals surface area contributed by atoms with Crippen LogP contribution in [0.4, 0.5) is 17.6 Å². The molecule has 6 nitrogen and oxygen atoms in total. The summed E-state index contributed by atoms with van der Waals surface area (Å²) in [4.78, 5) is 12.0. The maximum absolute atomic E-state index is 5.94. The number of nitrogens with one attached hydrogen (secondary N) is 1. The van der Waals surface area contributed by atoms with E-state index < -0.39 is 0 Å². The minimum absolute atomic E-state index is 0.0987. The highest BCUT2D eigenvalue weighted by Gasteiger charge is 2.06. The molecule has 0 saturated carbocycles. The summed E-state index contributed by atoms with van der Waals surface area (Å²) in [5.74, 6) is 0.416. The molecule has 20 heavy (non-hydrogen) atoms. The fourth-order valence-electron chi connectivity index (χ4n) is 1.39. The van der Waals surface area contributed by atoms with Crippen LogP contribution in [0.25, 0.3) is 0 Å². The molecule has 1 aromatic heterocycles. The highest BCUT2D eigenvalue weighted by atomic mass is 79.9. The Morgan fingerprint density at radius 1 is 1.35 bits per heavy atom. The first kappa shape index (κ1) is 14.8. The van der Waals surface area contributed by atoms with Gasteiger partial charge in [0.15, 0.2) is 0 Å². The van der Waals surface area contributed by atoms with Crippen LogP contribution in [0.1, 0.15) is 13.3 Å². The average molecular weight is 359 g/mol. The van der Waals surface area contributed by atoms with E-state index in [4.69, 9.17) is 22.1 Å². The van der Waals surface area contributed by atoms with Gasteiger partial charge >= 0.3 is 6.01 Å². The zero-order valence-corrected chi connectivity index (χ0v) is 13.1. The van der Waals surface area contributed by atoms with Crippen molar-refractivity contribution in [2.45, 2.75) is 13.3 Å². The Morgan fingerprint density at radius 3 is 2.85 bits per heavy atom. The van der Waals surface area contributed by atoms with Crippen LogP contribution in [0.3, 0.4) is 0 Å². The van der Waals surface area contributed by atoms with Crippen molar-refractivity contribution in [1.29, 1.82) is 0 Å². The van der Waals surface area contributed by atoms with Crippen LogP contribution in [0, 0.1) is 0 Å². The van der Waals surface area contributed by atoms with E-state index in [-0.39, 0.29) is 12.0 Å². The number of anilines is 3. The number of benzene rings is 1. The van der Waals surface area contributed by atoms with Crippen molar-refractivity contribution in [3.63, 3.8) is 0 Å². The summed E-state index contributed by atoms with van der Waals surface area (Å²) in [7, 11) is 0. The van der Waals surface area contributed by atoms with Gasteiger partial charge in [0.25, 0.3) is 0 Å². The maximum atomic E-state index is 5.94. The summed E-state index contributed by atoms with van der Waals surface area (Å²) in [6.45, 7) is 2.52. The van der Waals surface area contributed by atoms with Crippen molar-refractivity contribution in [3.8, 4) is 6.01 Å². The summed E-state index contributed by atoms with van der Waals surface area (Å²) in [6.07, 6.45) is 0.860. The molecule has 0 aliphatic heterocycles. The summed E-state index contributed by atoms with van der Waals surface area (Å²) in [6, 6.07) is 5.58. The van der Waals surface area contributed by atoms with Gasteiger partial charge in [-0.2, -0.15) is 15.0 Å². The number of nitrogens with two attached hydrogens (primary N) is 1. The van der Waals surface area contributed by atoms with Crippen LogP contribution in [0.2, 0.25) is 5.02 Å². The number of nitrogen functional groups attached to an aromatic ring is 1. The molecule has 0 radical (unpaired) electrons. The molecule has 0 fully saturated rings. The smallest absolute Gasteiger partial charge is 0.323 e. The maximum Gasteiger partial charge on any atom is 0.323 e. The Labute approximate surface area is 129 Å². The minimum Gasteiger partial charge on any atom is -0.463 e. The molecule has 0 atom stereocenters. The predicted octanol–water partition coefficient (Wildman–Crippen LogP) is 3.40. The second-order valence-corrected chi connectivity index (χ2v) is 5.16. The predicted molar refractivity (Wildman–Crippen MR) is 82.5 cm³/mol. The number of aromatic nitrogens is 3. The lowest BCUT2D eigenvalue weighted by molar-refractivity contribution is 0.292. The van der Waals surface area contributed by atoms with Crippen molar-refractivity contribution >= 4 is 45.1 Å². The third-order valence-corrected chi connectivity index (χ3v) is 3.46. The molecule has 2 rings (SSSR count).